The molecule has 2 N–H and O–H groups in total. The van der Waals surface area contributed by atoms with Crippen molar-refractivity contribution >= 4 is 23.2 Å². The van der Waals surface area contributed by atoms with Crippen LogP contribution in [-0.4, -0.2) is 28.0 Å². The van der Waals surface area contributed by atoms with Crippen molar-refractivity contribution in [2.75, 3.05) is 0 Å². The van der Waals surface area contributed by atoms with Crippen LogP contribution in [0, 0.1) is 0 Å². The molecule has 1 aromatic heterocycles. The van der Waals surface area contributed by atoms with Gasteiger partial charge in [0.1, 0.15) is 0 Å². The lowest BCUT2D eigenvalue weighted by atomic mass is 10.2. The standard InChI is InChI=1S/C10H14N2O3S/c1-3-6(4-2)11-8(13)9-12-7(5-16-9)10(14)15/h5-6H,3-4H2,1-2H3,(H,11,13)(H,14,15). The second kappa shape index (κ2) is 5.60. The summed E-state index contributed by atoms with van der Waals surface area (Å²) in [6.45, 7) is 3.97. The Kier molecular flexibility index (Phi) is 4.42. The van der Waals surface area contributed by atoms with Crippen molar-refractivity contribution in [1.29, 1.82) is 0 Å². The number of carbonyl (C=O) groups is 2. The van der Waals surface area contributed by atoms with Crippen LogP contribution in [0.4, 0.5) is 0 Å². The van der Waals surface area contributed by atoms with E-state index >= 15 is 0 Å². The fourth-order valence-electron chi connectivity index (χ4n) is 1.22. The normalized spacial score (nSPS) is 10.4. The van der Waals surface area contributed by atoms with E-state index in [1.165, 1.54) is 5.38 Å². The topological polar surface area (TPSA) is 79.3 Å². The van der Waals surface area contributed by atoms with E-state index in [1.54, 1.807) is 0 Å². The number of hydrogen-bond donors (Lipinski definition) is 2. The van der Waals surface area contributed by atoms with E-state index in [4.69, 9.17) is 5.11 Å². The monoisotopic (exact) mass is 242 g/mol. The first-order valence-corrected chi connectivity index (χ1v) is 5.96. The summed E-state index contributed by atoms with van der Waals surface area (Å²) in [5.74, 6) is -1.41. The molecule has 5 nitrogen and oxygen atoms in total. The first kappa shape index (κ1) is 12.6. The zero-order chi connectivity index (χ0) is 12.1. The van der Waals surface area contributed by atoms with Crippen LogP contribution in [-0.2, 0) is 0 Å². The SMILES string of the molecule is CCC(CC)NC(=O)c1nc(C(=O)O)cs1. The molecule has 0 fully saturated rings. The van der Waals surface area contributed by atoms with Gasteiger partial charge in [0.05, 0.1) is 0 Å². The van der Waals surface area contributed by atoms with Gasteiger partial charge in [-0.25, -0.2) is 9.78 Å². The Bertz CT molecular complexity index is 385. The van der Waals surface area contributed by atoms with Crippen LogP contribution >= 0.6 is 11.3 Å². The molecule has 1 aromatic rings. The van der Waals surface area contributed by atoms with Crippen molar-refractivity contribution in [2.24, 2.45) is 0 Å². The number of aromatic carboxylic acids is 1. The van der Waals surface area contributed by atoms with Gasteiger partial charge in [-0.1, -0.05) is 13.8 Å². The molecular weight excluding hydrogens is 228 g/mol. The third kappa shape index (κ3) is 3.03. The molecule has 16 heavy (non-hydrogen) atoms. The second-order valence-electron chi connectivity index (χ2n) is 3.33. The molecule has 0 aromatic carbocycles. The molecule has 88 valence electrons. The number of thiazole rings is 1. The minimum absolute atomic E-state index is 0.0836. The van der Waals surface area contributed by atoms with Crippen LogP contribution in [0.5, 0.6) is 0 Å². The van der Waals surface area contributed by atoms with Crippen molar-refractivity contribution in [3.63, 3.8) is 0 Å². The van der Waals surface area contributed by atoms with E-state index in [1.807, 2.05) is 13.8 Å². The molecule has 1 heterocycles. The average Bonchev–Trinajstić information content (AvgIpc) is 2.74. The quantitative estimate of drug-likeness (QED) is 0.824. The Balaban J connectivity index is 2.69. The predicted octanol–water partition coefficient (Wildman–Crippen LogP) is 1.76. The highest BCUT2D eigenvalue weighted by molar-refractivity contribution is 7.11. The van der Waals surface area contributed by atoms with Gasteiger partial charge in [-0.2, -0.15) is 0 Å². The number of rotatable bonds is 5. The molecule has 0 radical (unpaired) electrons. The maximum Gasteiger partial charge on any atom is 0.355 e. The lowest BCUT2D eigenvalue weighted by Crippen LogP contribution is -2.33. The summed E-state index contributed by atoms with van der Waals surface area (Å²) >= 11 is 1.04. The van der Waals surface area contributed by atoms with Crippen LogP contribution < -0.4 is 5.32 Å². The summed E-state index contributed by atoms with van der Waals surface area (Å²) in [4.78, 5) is 26.0. The van der Waals surface area contributed by atoms with Gasteiger partial charge in [0.15, 0.2) is 10.7 Å². The van der Waals surface area contributed by atoms with Crippen LogP contribution in [0.2, 0.25) is 0 Å². The van der Waals surface area contributed by atoms with Crippen molar-refractivity contribution in [3.05, 3.63) is 16.1 Å². The summed E-state index contributed by atoms with van der Waals surface area (Å²) in [7, 11) is 0. The molecule has 0 aliphatic carbocycles. The van der Waals surface area contributed by atoms with Crippen molar-refractivity contribution in [3.8, 4) is 0 Å². The molecule has 0 saturated carbocycles. The number of nitrogens with zero attached hydrogens (tertiary/aromatic N) is 1. The van der Waals surface area contributed by atoms with E-state index in [-0.39, 0.29) is 22.7 Å². The number of amides is 1. The van der Waals surface area contributed by atoms with Gasteiger partial charge in [-0.15, -0.1) is 11.3 Å². The smallest absolute Gasteiger partial charge is 0.355 e. The van der Waals surface area contributed by atoms with E-state index in [9.17, 15) is 9.59 Å². The number of aromatic nitrogens is 1. The molecule has 0 aliphatic rings. The number of carbonyl (C=O) groups excluding carboxylic acids is 1. The minimum atomic E-state index is -1.11. The summed E-state index contributed by atoms with van der Waals surface area (Å²) < 4.78 is 0. The van der Waals surface area contributed by atoms with Gasteiger partial charge in [0.25, 0.3) is 5.91 Å². The predicted molar refractivity (Wildman–Crippen MR) is 60.9 cm³/mol. The highest BCUT2D eigenvalue weighted by Gasteiger charge is 2.16. The molecule has 0 spiro atoms. The number of carboxylic acids is 1. The summed E-state index contributed by atoms with van der Waals surface area (Å²) in [5, 5.41) is 13.0. The second-order valence-corrected chi connectivity index (χ2v) is 4.19. The molecular formula is C10H14N2O3S. The molecule has 0 bridgehead atoms. The van der Waals surface area contributed by atoms with Gasteiger partial charge in [-0.3, -0.25) is 4.79 Å². The first-order valence-electron chi connectivity index (χ1n) is 5.08. The minimum Gasteiger partial charge on any atom is -0.476 e. The molecule has 0 atom stereocenters. The van der Waals surface area contributed by atoms with Gasteiger partial charge in [-0.05, 0) is 12.8 Å². The Morgan fingerprint density at radius 2 is 2.12 bits per heavy atom. The third-order valence-corrected chi connectivity index (χ3v) is 3.08. The lowest BCUT2D eigenvalue weighted by molar-refractivity contribution is 0.0691. The maximum atomic E-state index is 11.7. The highest BCUT2D eigenvalue weighted by atomic mass is 32.1. The molecule has 0 saturated heterocycles. The zero-order valence-corrected chi connectivity index (χ0v) is 10.0. The van der Waals surface area contributed by atoms with Gasteiger partial charge < -0.3 is 10.4 Å². The number of carboxylic acid groups (broad SMARTS) is 1. The van der Waals surface area contributed by atoms with Crippen molar-refractivity contribution in [1.82, 2.24) is 10.3 Å². The Hall–Kier alpha value is -1.43. The highest BCUT2D eigenvalue weighted by Crippen LogP contribution is 2.10. The van der Waals surface area contributed by atoms with Gasteiger partial charge in [0, 0.05) is 11.4 Å². The Morgan fingerprint density at radius 1 is 1.50 bits per heavy atom. The van der Waals surface area contributed by atoms with Crippen molar-refractivity contribution in [2.45, 2.75) is 32.7 Å². The number of hydrogen-bond acceptors (Lipinski definition) is 4. The molecule has 1 rings (SSSR count). The van der Waals surface area contributed by atoms with Crippen LogP contribution in [0.1, 0.15) is 47.0 Å². The van der Waals surface area contributed by atoms with E-state index < -0.39 is 5.97 Å². The average molecular weight is 242 g/mol. The summed E-state index contributed by atoms with van der Waals surface area (Å²) in [6, 6.07) is 0.115. The lowest BCUT2D eigenvalue weighted by Gasteiger charge is -2.12. The van der Waals surface area contributed by atoms with Crippen LogP contribution in [0.3, 0.4) is 0 Å². The maximum absolute atomic E-state index is 11.7. The van der Waals surface area contributed by atoms with Gasteiger partial charge in [0.2, 0.25) is 0 Å². The molecule has 6 heteroatoms. The molecule has 0 aliphatic heterocycles. The zero-order valence-electron chi connectivity index (χ0n) is 9.19. The Morgan fingerprint density at radius 3 is 2.56 bits per heavy atom. The fraction of sp³-hybridized carbons (Fsp3) is 0.500. The van der Waals surface area contributed by atoms with E-state index in [0.717, 1.165) is 24.2 Å². The fourth-order valence-corrected chi connectivity index (χ4v) is 1.91. The first-order chi connectivity index (χ1) is 7.58. The third-order valence-electron chi connectivity index (χ3n) is 2.24. The largest absolute Gasteiger partial charge is 0.476 e. The Labute approximate surface area is 97.5 Å². The van der Waals surface area contributed by atoms with Crippen molar-refractivity contribution < 1.29 is 14.7 Å². The van der Waals surface area contributed by atoms with Gasteiger partial charge >= 0.3 is 5.97 Å². The van der Waals surface area contributed by atoms with Crippen LogP contribution in [0.15, 0.2) is 5.38 Å². The van der Waals surface area contributed by atoms with E-state index in [0.29, 0.717) is 0 Å². The summed E-state index contributed by atoms with van der Waals surface area (Å²) in [5.41, 5.74) is -0.0836. The van der Waals surface area contributed by atoms with Crippen LogP contribution in [0.25, 0.3) is 0 Å². The molecule has 1 amide bonds. The summed E-state index contributed by atoms with van der Waals surface area (Å²) in [6.07, 6.45) is 1.69. The molecule has 0 unspecified atom stereocenters. The number of nitrogens with one attached hydrogen (secondary N) is 1. The van der Waals surface area contributed by atoms with E-state index in [2.05, 4.69) is 10.3 Å².